The van der Waals surface area contributed by atoms with Crippen molar-refractivity contribution < 1.29 is 19.2 Å². The number of carbonyl (C=O) groups excluding carboxylic acids is 1. The molecule has 3 heterocycles. The maximum absolute atomic E-state index is 12.9. The Bertz CT molecular complexity index is 958. The number of benzene rings is 1. The molecule has 0 saturated carbocycles. The van der Waals surface area contributed by atoms with Crippen LogP contribution in [0.15, 0.2) is 39.5 Å². The molecular formula is C19H18N2O4S. The summed E-state index contributed by atoms with van der Waals surface area (Å²) in [5.41, 5.74) is 3.18. The number of fused-ring (bicyclic) bond motifs is 1. The molecule has 2 N–H and O–H groups in total. The second-order valence-electron chi connectivity index (χ2n) is 6.32. The van der Waals surface area contributed by atoms with E-state index in [-0.39, 0.29) is 5.91 Å². The number of nitrogens with one attached hydrogen (secondary N) is 1. The van der Waals surface area contributed by atoms with Crippen LogP contribution in [0.2, 0.25) is 0 Å². The number of hydrogen-bond donors (Lipinski definition) is 2. The molecule has 1 aliphatic rings. The fourth-order valence-corrected chi connectivity index (χ4v) is 4.21. The zero-order valence-electron chi connectivity index (χ0n) is 14.6. The summed E-state index contributed by atoms with van der Waals surface area (Å²) in [7, 11) is 0. The SMILES string of the molecule is Cc1noc(C)c1-c1ccc2c(c1)C(OC(C)O)(c1ccsc1)C(=O)N2. The Morgan fingerprint density at radius 1 is 1.35 bits per heavy atom. The summed E-state index contributed by atoms with van der Waals surface area (Å²) < 4.78 is 11.1. The molecule has 0 saturated heterocycles. The maximum Gasteiger partial charge on any atom is 0.266 e. The van der Waals surface area contributed by atoms with E-state index in [0.29, 0.717) is 22.6 Å². The number of aromatic nitrogens is 1. The van der Waals surface area contributed by atoms with E-state index in [2.05, 4.69) is 10.5 Å². The monoisotopic (exact) mass is 370 g/mol. The zero-order chi connectivity index (χ0) is 18.5. The molecule has 1 aliphatic heterocycles. The lowest BCUT2D eigenvalue weighted by Gasteiger charge is -2.29. The van der Waals surface area contributed by atoms with Crippen LogP contribution in [0.4, 0.5) is 5.69 Å². The van der Waals surface area contributed by atoms with Crippen molar-refractivity contribution in [2.75, 3.05) is 5.32 Å². The van der Waals surface area contributed by atoms with Crippen LogP contribution in [-0.4, -0.2) is 22.5 Å². The van der Waals surface area contributed by atoms with Crippen LogP contribution >= 0.6 is 11.3 Å². The summed E-state index contributed by atoms with van der Waals surface area (Å²) in [4.78, 5) is 12.9. The quantitative estimate of drug-likeness (QED) is 0.686. The highest BCUT2D eigenvalue weighted by atomic mass is 32.1. The number of rotatable bonds is 4. The molecule has 2 atom stereocenters. The van der Waals surface area contributed by atoms with Gasteiger partial charge in [0.1, 0.15) is 5.76 Å². The first-order chi connectivity index (χ1) is 12.4. The van der Waals surface area contributed by atoms with Gasteiger partial charge in [-0.3, -0.25) is 4.79 Å². The molecule has 1 amide bonds. The van der Waals surface area contributed by atoms with Crippen molar-refractivity contribution in [3.8, 4) is 11.1 Å². The van der Waals surface area contributed by atoms with E-state index in [4.69, 9.17) is 9.26 Å². The van der Waals surface area contributed by atoms with Crippen LogP contribution in [0.1, 0.15) is 29.5 Å². The molecule has 2 unspecified atom stereocenters. The third-order valence-corrected chi connectivity index (χ3v) is 5.25. The van der Waals surface area contributed by atoms with E-state index >= 15 is 0 Å². The fraction of sp³-hybridized carbons (Fsp3) is 0.263. The van der Waals surface area contributed by atoms with Gasteiger partial charge in [-0.2, -0.15) is 11.3 Å². The minimum Gasteiger partial charge on any atom is -0.368 e. The van der Waals surface area contributed by atoms with Gasteiger partial charge >= 0.3 is 0 Å². The number of ether oxygens (including phenoxy) is 1. The van der Waals surface area contributed by atoms with Gasteiger partial charge in [0.15, 0.2) is 6.29 Å². The number of nitrogens with zero attached hydrogens (tertiary/aromatic N) is 1. The number of hydrogen-bond acceptors (Lipinski definition) is 6. The van der Waals surface area contributed by atoms with Crippen LogP contribution in [0.3, 0.4) is 0 Å². The summed E-state index contributed by atoms with van der Waals surface area (Å²) in [6.07, 6.45) is -1.12. The Balaban J connectivity index is 1.95. The van der Waals surface area contributed by atoms with Crippen LogP contribution in [0.5, 0.6) is 0 Å². The number of carbonyl (C=O) groups is 1. The number of amides is 1. The van der Waals surface area contributed by atoms with Crippen LogP contribution in [0, 0.1) is 13.8 Å². The van der Waals surface area contributed by atoms with Gasteiger partial charge in [0.05, 0.1) is 5.69 Å². The van der Waals surface area contributed by atoms with Crippen LogP contribution < -0.4 is 5.32 Å². The largest absolute Gasteiger partial charge is 0.368 e. The zero-order valence-corrected chi connectivity index (χ0v) is 15.4. The van der Waals surface area contributed by atoms with Gasteiger partial charge in [-0.05, 0) is 55.3 Å². The first kappa shape index (κ1) is 17.0. The molecule has 0 radical (unpaired) electrons. The van der Waals surface area contributed by atoms with E-state index in [9.17, 15) is 9.90 Å². The average Bonchev–Trinajstić information content (AvgIpc) is 3.28. The molecule has 0 aliphatic carbocycles. The lowest BCUT2D eigenvalue weighted by Crippen LogP contribution is -2.40. The van der Waals surface area contributed by atoms with Crippen molar-refractivity contribution in [2.24, 2.45) is 0 Å². The van der Waals surface area contributed by atoms with Crippen molar-refractivity contribution in [1.82, 2.24) is 5.16 Å². The molecule has 134 valence electrons. The maximum atomic E-state index is 12.9. The minimum atomic E-state index is -1.39. The number of aryl methyl sites for hydroxylation is 2. The molecule has 7 heteroatoms. The smallest absolute Gasteiger partial charge is 0.266 e. The normalized spacial score (nSPS) is 20.1. The lowest BCUT2D eigenvalue weighted by molar-refractivity contribution is -0.173. The van der Waals surface area contributed by atoms with Gasteiger partial charge in [0.25, 0.3) is 5.91 Å². The van der Waals surface area contributed by atoms with Gasteiger partial charge in [0.2, 0.25) is 5.60 Å². The molecule has 1 aromatic carbocycles. The van der Waals surface area contributed by atoms with Gasteiger partial charge in [-0.1, -0.05) is 11.2 Å². The summed E-state index contributed by atoms with van der Waals surface area (Å²) in [5, 5.41) is 20.6. The summed E-state index contributed by atoms with van der Waals surface area (Å²) in [5.74, 6) is 0.389. The number of aliphatic hydroxyl groups is 1. The topological polar surface area (TPSA) is 84.6 Å². The summed E-state index contributed by atoms with van der Waals surface area (Å²) in [6.45, 7) is 5.23. The Kier molecular flexibility index (Phi) is 3.95. The predicted molar refractivity (Wildman–Crippen MR) is 97.9 cm³/mol. The van der Waals surface area contributed by atoms with Crippen molar-refractivity contribution in [2.45, 2.75) is 32.7 Å². The predicted octanol–water partition coefficient (Wildman–Crippen LogP) is 3.57. The van der Waals surface area contributed by atoms with Gasteiger partial charge < -0.3 is 19.7 Å². The molecule has 0 bridgehead atoms. The minimum absolute atomic E-state index is 0.317. The van der Waals surface area contributed by atoms with Gasteiger partial charge in [0, 0.05) is 22.4 Å². The molecule has 26 heavy (non-hydrogen) atoms. The van der Waals surface area contributed by atoms with E-state index < -0.39 is 11.9 Å². The number of anilines is 1. The number of aliphatic hydroxyl groups excluding tert-OH is 1. The third kappa shape index (κ3) is 2.39. The van der Waals surface area contributed by atoms with Gasteiger partial charge in [-0.25, -0.2) is 0 Å². The molecule has 3 aromatic rings. The Morgan fingerprint density at radius 3 is 2.77 bits per heavy atom. The molecule has 2 aromatic heterocycles. The fourth-order valence-electron chi connectivity index (χ4n) is 3.52. The highest BCUT2D eigenvalue weighted by molar-refractivity contribution is 7.08. The molecule has 0 spiro atoms. The highest BCUT2D eigenvalue weighted by Gasteiger charge is 2.51. The van der Waals surface area contributed by atoms with E-state index in [1.54, 1.807) is 0 Å². The van der Waals surface area contributed by atoms with Crippen molar-refractivity contribution in [3.05, 3.63) is 57.6 Å². The summed E-state index contributed by atoms with van der Waals surface area (Å²) in [6, 6.07) is 7.50. The molecule has 0 fully saturated rings. The van der Waals surface area contributed by atoms with E-state index in [0.717, 1.165) is 16.8 Å². The molecule has 4 rings (SSSR count). The first-order valence-electron chi connectivity index (χ1n) is 8.21. The second-order valence-corrected chi connectivity index (χ2v) is 7.10. The Morgan fingerprint density at radius 2 is 2.15 bits per heavy atom. The Hall–Kier alpha value is -2.48. The molecule has 6 nitrogen and oxygen atoms in total. The second kappa shape index (κ2) is 6.05. The van der Waals surface area contributed by atoms with Crippen molar-refractivity contribution >= 4 is 22.9 Å². The number of thiophene rings is 1. The lowest BCUT2D eigenvalue weighted by atomic mass is 9.87. The van der Waals surface area contributed by atoms with E-state index in [1.807, 2.05) is 48.9 Å². The highest BCUT2D eigenvalue weighted by Crippen LogP contribution is 2.46. The standard InChI is InChI=1S/C19H18N2O4S/c1-10-17(11(2)25-21-10)13-4-5-16-15(8-13)19(18(23)20-16,24-12(3)22)14-6-7-26-9-14/h4-9,12,22H,1-3H3,(H,20,23). The van der Waals surface area contributed by atoms with Gasteiger partial charge in [-0.15, -0.1) is 0 Å². The summed E-state index contributed by atoms with van der Waals surface area (Å²) >= 11 is 1.47. The van der Waals surface area contributed by atoms with Crippen molar-refractivity contribution in [1.29, 1.82) is 0 Å². The Labute approximate surface area is 154 Å². The average molecular weight is 370 g/mol. The van der Waals surface area contributed by atoms with Crippen LogP contribution in [0.25, 0.3) is 11.1 Å². The molecular weight excluding hydrogens is 352 g/mol. The van der Waals surface area contributed by atoms with Crippen LogP contribution in [-0.2, 0) is 15.1 Å². The third-order valence-electron chi connectivity index (χ3n) is 4.56. The first-order valence-corrected chi connectivity index (χ1v) is 9.15. The van der Waals surface area contributed by atoms with Crippen molar-refractivity contribution in [3.63, 3.8) is 0 Å². The van der Waals surface area contributed by atoms with E-state index in [1.165, 1.54) is 18.3 Å².